The number of hydrogen-bond donors (Lipinski definition) is 2. The minimum absolute atomic E-state index is 0.0588. The van der Waals surface area contributed by atoms with Crippen molar-refractivity contribution in [2.24, 2.45) is 10.3 Å². The van der Waals surface area contributed by atoms with E-state index in [9.17, 15) is 0 Å². The lowest BCUT2D eigenvalue weighted by atomic mass is 10.1. The molecule has 0 spiro atoms. The first kappa shape index (κ1) is 11.5. The fourth-order valence-corrected chi connectivity index (χ4v) is 1.70. The third kappa shape index (κ3) is 1.96. The van der Waals surface area contributed by atoms with Gasteiger partial charge in [0.25, 0.3) is 0 Å². The summed E-state index contributed by atoms with van der Waals surface area (Å²) in [4.78, 5) is 5.61. The molecule has 0 saturated carbocycles. The molecule has 0 aliphatic rings. The predicted molar refractivity (Wildman–Crippen MR) is 65.4 cm³/mol. The van der Waals surface area contributed by atoms with Crippen LogP contribution in [0.15, 0.2) is 34.7 Å². The maximum absolute atomic E-state index is 8.94. The van der Waals surface area contributed by atoms with Gasteiger partial charge >= 0.3 is 0 Å². The standard InChI is InChI=1S/C11H8N6O/c12-4-7-1-2-10-8(3-7)9(5-14-10)11(16-18)6-15-17-13/h1-3,5,14,18H,6H2/b16-11+. The molecule has 2 aromatic rings. The van der Waals surface area contributed by atoms with Crippen LogP contribution in [0.2, 0.25) is 0 Å². The Morgan fingerprint density at radius 1 is 1.56 bits per heavy atom. The van der Waals surface area contributed by atoms with Crippen LogP contribution in [0.5, 0.6) is 0 Å². The van der Waals surface area contributed by atoms with Crippen LogP contribution in [0.3, 0.4) is 0 Å². The van der Waals surface area contributed by atoms with Gasteiger partial charge < -0.3 is 10.2 Å². The van der Waals surface area contributed by atoms with Gasteiger partial charge in [0.05, 0.1) is 23.9 Å². The molecule has 1 aromatic carbocycles. The van der Waals surface area contributed by atoms with Crippen LogP contribution in [0.1, 0.15) is 11.1 Å². The first-order chi connectivity index (χ1) is 8.80. The van der Waals surface area contributed by atoms with Gasteiger partial charge in [-0.3, -0.25) is 0 Å². The minimum Gasteiger partial charge on any atom is -0.411 e. The van der Waals surface area contributed by atoms with Crippen LogP contribution >= 0.6 is 0 Å². The van der Waals surface area contributed by atoms with Crippen molar-refractivity contribution in [1.29, 1.82) is 5.26 Å². The van der Waals surface area contributed by atoms with Crippen molar-refractivity contribution in [2.45, 2.75) is 0 Å². The number of hydrogen-bond acceptors (Lipinski definition) is 4. The van der Waals surface area contributed by atoms with Gasteiger partial charge in [0.2, 0.25) is 0 Å². The maximum atomic E-state index is 8.94. The highest BCUT2D eigenvalue weighted by molar-refractivity contribution is 6.11. The maximum Gasteiger partial charge on any atom is 0.0991 e. The van der Waals surface area contributed by atoms with Gasteiger partial charge in [-0.25, -0.2) is 0 Å². The van der Waals surface area contributed by atoms with Crippen molar-refractivity contribution >= 4 is 16.6 Å². The Bertz CT molecular complexity index is 702. The topological polar surface area (TPSA) is 121 Å². The van der Waals surface area contributed by atoms with E-state index >= 15 is 0 Å². The fraction of sp³-hybridized carbons (Fsp3) is 0.0909. The average Bonchev–Trinajstić information content (AvgIpc) is 2.83. The Morgan fingerprint density at radius 2 is 2.39 bits per heavy atom. The molecule has 7 nitrogen and oxygen atoms in total. The molecule has 18 heavy (non-hydrogen) atoms. The van der Waals surface area contributed by atoms with E-state index in [1.807, 2.05) is 6.07 Å². The summed E-state index contributed by atoms with van der Waals surface area (Å²) < 4.78 is 0. The van der Waals surface area contributed by atoms with Gasteiger partial charge in [-0.1, -0.05) is 10.3 Å². The number of H-pyrrole nitrogens is 1. The SMILES string of the molecule is N#Cc1ccc2[nH]cc(/C(CN=[N+]=[N-])=N/O)c2c1. The lowest BCUT2D eigenvalue weighted by Gasteiger charge is -1.99. The van der Waals surface area contributed by atoms with E-state index in [0.717, 1.165) is 10.9 Å². The lowest BCUT2D eigenvalue weighted by molar-refractivity contribution is 0.318. The summed E-state index contributed by atoms with van der Waals surface area (Å²) in [5.41, 5.74) is 10.4. The Balaban J connectivity index is 2.57. The average molecular weight is 240 g/mol. The van der Waals surface area contributed by atoms with Crippen molar-refractivity contribution in [3.05, 3.63) is 46.0 Å². The number of oxime groups is 1. The normalized spacial score (nSPS) is 10.9. The van der Waals surface area contributed by atoms with Crippen LogP contribution in [0.4, 0.5) is 0 Å². The molecule has 0 unspecified atom stereocenters. The zero-order valence-electron chi connectivity index (χ0n) is 9.20. The number of aromatic amines is 1. The molecule has 0 atom stereocenters. The number of rotatable bonds is 3. The Hall–Kier alpha value is -2.97. The van der Waals surface area contributed by atoms with Crippen molar-refractivity contribution in [1.82, 2.24) is 4.98 Å². The second kappa shape index (κ2) is 4.91. The third-order valence-electron chi connectivity index (χ3n) is 2.53. The summed E-state index contributed by atoms with van der Waals surface area (Å²) in [5.74, 6) is 0. The number of nitriles is 1. The van der Waals surface area contributed by atoms with Crippen LogP contribution in [0.25, 0.3) is 21.3 Å². The molecule has 88 valence electrons. The molecule has 0 aliphatic heterocycles. The van der Waals surface area contributed by atoms with E-state index in [1.54, 1.807) is 24.4 Å². The molecular formula is C11H8N6O. The predicted octanol–water partition coefficient (Wildman–Crippen LogP) is 2.53. The molecule has 0 aliphatic carbocycles. The van der Waals surface area contributed by atoms with Crippen molar-refractivity contribution in [2.75, 3.05) is 6.54 Å². The van der Waals surface area contributed by atoms with Gasteiger partial charge in [0, 0.05) is 27.6 Å². The number of nitrogens with one attached hydrogen (secondary N) is 1. The van der Waals surface area contributed by atoms with E-state index in [1.165, 1.54) is 0 Å². The first-order valence-corrected chi connectivity index (χ1v) is 5.03. The molecule has 0 bridgehead atoms. The zero-order chi connectivity index (χ0) is 13.0. The molecular weight excluding hydrogens is 232 g/mol. The molecule has 7 heteroatoms. The quantitative estimate of drug-likeness (QED) is 0.214. The number of nitrogens with zero attached hydrogens (tertiary/aromatic N) is 5. The van der Waals surface area contributed by atoms with E-state index in [-0.39, 0.29) is 12.3 Å². The molecule has 1 aromatic heterocycles. The summed E-state index contributed by atoms with van der Waals surface area (Å²) >= 11 is 0. The summed E-state index contributed by atoms with van der Waals surface area (Å²) in [7, 11) is 0. The second-order valence-corrected chi connectivity index (χ2v) is 3.51. The molecule has 0 saturated heterocycles. The summed E-state index contributed by atoms with van der Waals surface area (Å²) in [6.45, 7) is -0.0588. The number of fused-ring (bicyclic) bond motifs is 1. The molecule has 0 radical (unpaired) electrons. The molecule has 2 rings (SSSR count). The van der Waals surface area contributed by atoms with E-state index in [4.69, 9.17) is 16.0 Å². The lowest BCUT2D eigenvalue weighted by Crippen LogP contribution is -2.03. The minimum atomic E-state index is -0.0588. The van der Waals surface area contributed by atoms with Gasteiger partial charge in [-0.05, 0) is 23.7 Å². The third-order valence-corrected chi connectivity index (χ3v) is 2.53. The monoisotopic (exact) mass is 240 g/mol. The van der Waals surface area contributed by atoms with Gasteiger partial charge in [0.15, 0.2) is 0 Å². The Kier molecular flexibility index (Phi) is 3.14. The number of benzene rings is 1. The summed E-state index contributed by atoms with van der Waals surface area (Å²) in [6, 6.07) is 7.17. The molecule has 2 N–H and O–H groups in total. The van der Waals surface area contributed by atoms with E-state index < -0.39 is 0 Å². The zero-order valence-corrected chi connectivity index (χ0v) is 9.20. The Labute approximate surface area is 102 Å². The number of aromatic nitrogens is 1. The van der Waals surface area contributed by atoms with Crippen molar-refractivity contribution in [3.8, 4) is 6.07 Å². The molecule has 1 heterocycles. The van der Waals surface area contributed by atoms with Gasteiger partial charge in [0.1, 0.15) is 0 Å². The van der Waals surface area contributed by atoms with Crippen molar-refractivity contribution < 1.29 is 5.21 Å². The first-order valence-electron chi connectivity index (χ1n) is 5.03. The van der Waals surface area contributed by atoms with Crippen LogP contribution < -0.4 is 0 Å². The largest absolute Gasteiger partial charge is 0.411 e. The second-order valence-electron chi connectivity index (χ2n) is 3.51. The van der Waals surface area contributed by atoms with Crippen LogP contribution in [0, 0.1) is 11.3 Å². The smallest absolute Gasteiger partial charge is 0.0991 e. The molecule has 0 fully saturated rings. The highest BCUT2D eigenvalue weighted by Gasteiger charge is 2.10. The van der Waals surface area contributed by atoms with E-state index in [0.29, 0.717) is 11.1 Å². The summed E-state index contributed by atoms with van der Waals surface area (Å²) in [6.07, 6.45) is 1.65. The van der Waals surface area contributed by atoms with Crippen LogP contribution in [-0.4, -0.2) is 22.4 Å². The highest BCUT2D eigenvalue weighted by atomic mass is 16.4. The van der Waals surface area contributed by atoms with E-state index in [2.05, 4.69) is 20.2 Å². The van der Waals surface area contributed by atoms with Gasteiger partial charge in [-0.15, -0.1) is 0 Å². The van der Waals surface area contributed by atoms with Gasteiger partial charge in [-0.2, -0.15) is 5.26 Å². The van der Waals surface area contributed by atoms with Crippen LogP contribution in [-0.2, 0) is 0 Å². The fourth-order valence-electron chi connectivity index (χ4n) is 1.70. The number of azide groups is 1. The highest BCUT2D eigenvalue weighted by Crippen LogP contribution is 2.20. The molecule has 0 amide bonds. The Morgan fingerprint density at radius 3 is 3.06 bits per heavy atom. The summed E-state index contributed by atoms with van der Waals surface area (Å²) in [5, 5.41) is 25.0. The van der Waals surface area contributed by atoms with Crippen molar-refractivity contribution in [3.63, 3.8) is 0 Å².